The molecule has 7 nitrogen and oxygen atoms in total. The number of hydrogen-bond donors (Lipinski definition) is 1. The number of aromatic nitrogens is 1. The van der Waals surface area contributed by atoms with Crippen LogP contribution in [0.4, 0.5) is 5.82 Å². The van der Waals surface area contributed by atoms with Crippen LogP contribution in [0.2, 0.25) is 5.02 Å². The van der Waals surface area contributed by atoms with E-state index in [1.165, 1.54) is 0 Å². The second-order valence-electron chi connectivity index (χ2n) is 12.0. The number of pyridine rings is 1. The lowest BCUT2D eigenvalue weighted by atomic mass is 9.47. The molecule has 0 bridgehead atoms. The molecule has 1 aromatic carbocycles. The molecule has 36 heavy (non-hydrogen) atoms. The number of benzene rings is 1. The van der Waals surface area contributed by atoms with E-state index in [0.717, 1.165) is 44.8 Å². The molecule has 3 aliphatic rings. The van der Waals surface area contributed by atoms with E-state index in [9.17, 15) is 4.79 Å². The van der Waals surface area contributed by atoms with E-state index in [4.69, 9.17) is 27.3 Å². The van der Waals surface area contributed by atoms with Crippen LogP contribution in [0, 0.1) is 27.6 Å². The highest BCUT2D eigenvalue weighted by Crippen LogP contribution is 2.60. The van der Waals surface area contributed by atoms with Crippen LogP contribution in [0.25, 0.3) is 0 Å². The maximum atomic E-state index is 11.3. The second kappa shape index (κ2) is 8.64. The summed E-state index contributed by atoms with van der Waals surface area (Å²) in [5, 5.41) is 9.58. The number of nitriles is 1. The zero-order valence-electron chi connectivity index (χ0n) is 21.4. The van der Waals surface area contributed by atoms with Gasteiger partial charge < -0.3 is 15.4 Å². The molecule has 2 aromatic rings. The summed E-state index contributed by atoms with van der Waals surface area (Å²) in [6, 6.07) is 11.5. The predicted molar refractivity (Wildman–Crippen MR) is 140 cm³/mol. The number of amides is 1. The number of hydrogen-bond acceptors (Lipinski definition) is 6. The van der Waals surface area contributed by atoms with E-state index in [-0.39, 0.29) is 16.9 Å². The van der Waals surface area contributed by atoms with Gasteiger partial charge in [-0.1, -0.05) is 39.3 Å². The molecule has 2 aliphatic heterocycles. The molecule has 190 valence electrons. The van der Waals surface area contributed by atoms with Crippen LogP contribution in [0.1, 0.15) is 56.5 Å². The number of primary amides is 1. The number of carbonyl (C=O) groups is 1. The van der Waals surface area contributed by atoms with Crippen LogP contribution < -0.4 is 15.4 Å². The molecule has 2 N–H and O–H groups in total. The van der Waals surface area contributed by atoms with Crippen molar-refractivity contribution in [2.75, 3.05) is 31.1 Å². The maximum Gasteiger partial charge on any atom is 0.250 e. The summed E-state index contributed by atoms with van der Waals surface area (Å²) < 4.78 is 6.47. The lowest BCUT2D eigenvalue weighted by Crippen LogP contribution is -2.79. The molecule has 2 saturated heterocycles. The number of rotatable bonds is 5. The first-order valence-electron chi connectivity index (χ1n) is 12.6. The standard InChI is InChI=1S/C28H34ClN5O2/c1-26(2)24(27(3,4)25(26)36-20-7-5-18(14-30)21(29)13-20)34-16-28(17-34)9-11-33(12-10-28)22-8-6-19(15-32-22)23(31)35/h5-8,13,15,24-25H,9-12,16-17H2,1-4H3,(H2,31,35). The van der Waals surface area contributed by atoms with E-state index in [1.54, 1.807) is 24.4 Å². The van der Waals surface area contributed by atoms with Crippen LogP contribution >= 0.6 is 11.6 Å². The van der Waals surface area contributed by atoms with Crippen molar-refractivity contribution in [2.24, 2.45) is 22.0 Å². The van der Waals surface area contributed by atoms with Gasteiger partial charge in [-0.05, 0) is 42.5 Å². The smallest absolute Gasteiger partial charge is 0.250 e. The van der Waals surface area contributed by atoms with Crippen LogP contribution in [0.15, 0.2) is 36.5 Å². The van der Waals surface area contributed by atoms with Crippen molar-refractivity contribution in [3.63, 3.8) is 0 Å². The van der Waals surface area contributed by atoms with Crippen molar-refractivity contribution in [1.82, 2.24) is 9.88 Å². The van der Waals surface area contributed by atoms with Gasteiger partial charge in [0.05, 0.1) is 16.1 Å². The Bertz CT molecular complexity index is 1190. The molecule has 3 fully saturated rings. The molecule has 1 spiro atoms. The van der Waals surface area contributed by atoms with Crippen LogP contribution in [0.5, 0.6) is 5.75 Å². The minimum Gasteiger partial charge on any atom is -0.489 e. The molecular formula is C28H34ClN5O2. The molecule has 0 radical (unpaired) electrons. The van der Waals surface area contributed by atoms with Crippen molar-refractivity contribution in [1.29, 1.82) is 5.26 Å². The van der Waals surface area contributed by atoms with E-state index >= 15 is 0 Å². The molecule has 5 rings (SSSR count). The fourth-order valence-electron chi connectivity index (χ4n) is 7.39. The Hall–Kier alpha value is -2.82. The van der Waals surface area contributed by atoms with Crippen molar-refractivity contribution < 1.29 is 9.53 Å². The van der Waals surface area contributed by atoms with Crippen molar-refractivity contribution >= 4 is 23.3 Å². The molecule has 8 heteroatoms. The quantitative estimate of drug-likeness (QED) is 0.640. The van der Waals surface area contributed by atoms with Crippen LogP contribution in [0.3, 0.4) is 0 Å². The minimum absolute atomic E-state index is 0.0156. The summed E-state index contributed by atoms with van der Waals surface area (Å²) in [4.78, 5) is 20.7. The lowest BCUT2D eigenvalue weighted by molar-refractivity contribution is -0.242. The molecule has 1 aliphatic carbocycles. The van der Waals surface area contributed by atoms with Gasteiger partial charge in [-0.2, -0.15) is 5.26 Å². The van der Waals surface area contributed by atoms with Crippen LogP contribution in [-0.4, -0.2) is 54.1 Å². The predicted octanol–water partition coefficient (Wildman–Crippen LogP) is 4.49. The Labute approximate surface area is 218 Å². The van der Waals surface area contributed by atoms with Gasteiger partial charge in [0.1, 0.15) is 23.7 Å². The van der Waals surface area contributed by atoms with Gasteiger partial charge in [-0.15, -0.1) is 0 Å². The summed E-state index contributed by atoms with van der Waals surface area (Å²) in [7, 11) is 0. The first-order chi connectivity index (χ1) is 17.0. The molecular weight excluding hydrogens is 474 g/mol. The number of halogens is 1. The summed E-state index contributed by atoms with van der Waals surface area (Å²) >= 11 is 6.24. The normalized spacial score (nSPS) is 25.9. The van der Waals surface area contributed by atoms with Gasteiger partial charge >= 0.3 is 0 Å². The van der Waals surface area contributed by atoms with Crippen molar-refractivity contribution in [3.8, 4) is 11.8 Å². The molecule has 1 saturated carbocycles. The molecule has 0 atom stereocenters. The Morgan fingerprint density at radius 1 is 1.14 bits per heavy atom. The average Bonchev–Trinajstić information content (AvgIpc) is 2.81. The fraction of sp³-hybridized carbons (Fsp3) is 0.536. The zero-order chi connectivity index (χ0) is 25.9. The number of ether oxygens (including phenoxy) is 1. The Balaban J connectivity index is 1.19. The molecule has 1 amide bonds. The second-order valence-corrected chi connectivity index (χ2v) is 12.4. The first-order valence-corrected chi connectivity index (χ1v) is 13.0. The average molecular weight is 508 g/mol. The van der Waals surface area contributed by atoms with E-state index in [1.807, 2.05) is 12.1 Å². The number of anilines is 1. The van der Waals surface area contributed by atoms with Crippen LogP contribution in [-0.2, 0) is 0 Å². The van der Waals surface area contributed by atoms with Gasteiger partial charge in [0.15, 0.2) is 0 Å². The number of nitrogens with two attached hydrogens (primary N) is 1. The third kappa shape index (κ3) is 4.01. The fourth-order valence-corrected chi connectivity index (χ4v) is 7.60. The zero-order valence-corrected chi connectivity index (χ0v) is 22.2. The highest BCUT2D eigenvalue weighted by molar-refractivity contribution is 6.31. The van der Waals surface area contributed by atoms with Crippen molar-refractivity contribution in [3.05, 3.63) is 52.7 Å². The molecule has 0 unspecified atom stereocenters. The first kappa shape index (κ1) is 24.9. The summed E-state index contributed by atoms with van der Waals surface area (Å²) in [5.41, 5.74) is 6.57. The monoisotopic (exact) mass is 507 g/mol. The van der Waals surface area contributed by atoms with E-state index in [0.29, 0.717) is 33.4 Å². The molecule has 3 heterocycles. The third-order valence-corrected chi connectivity index (χ3v) is 9.01. The third-order valence-electron chi connectivity index (χ3n) is 8.70. The molecule has 1 aromatic heterocycles. The van der Waals surface area contributed by atoms with E-state index < -0.39 is 5.91 Å². The number of likely N-dealkylation sites (tertiary alicyclic amines) is 1. The highest BCUT2D eigenvalue weighted by Gasteiger charge is 2.67. The van der Waals surface area contributed by atoms with Gasteiger partial charge in [-0.25, -0.2) is 4.98 Å². The van der Waals surface area contributed by atoms with E-state index in [2.05, 4.69) is 48.5 Å². The Kier molecular flexibility index (Phi) is 5.96. The Morgan fingerprint density at radius 3 is 2.33 bits per heavy atom. The van der Waals surface area contributed by atoms with Crippen molar-refractivity contribution in [2.45, 2.75) is 52.7 Å². The SMILES string of the molecule is CC1(C)C(Oc2ccc(C#N)c(Cl)c2)C(C)(C)C1N1CC2(CCN(c3ccc(C(N)=O)cn3)CC2)C1. The largest absolute Gasteiger partial charge is 0.489 e. The van der Waals surface area contributed by atoms with Gasteiger partial charge in [0.2, 0.25) is 5.91 Å². The number of piperidine rings is 1. The summed E-state index contributed by atoms with van der Waals surface area (Å²) in [5.74, 6) is 1.18. The Morgan fingerprint density at radius 2 is 1.81 bits per heavy atom. The number of carbonyl (C=O) groups excluding carboxylic acids is 1. The summed E-state index contributed by atoms with van der Waals surface area (Å²) in [6.45, 7) is 13.4. The summed E-state index contributed by atoms with van der Waals surface area (Å²) in [6.07, 6.45) is 3.89. The lowest BCUT2D eigenvalue weighted by Gasteiger charge is -2.70. The topological polar surface area (TPSA) is 95.5 Å². The highest BCUT2D eigenvalue weighted by atomic mass is 35.5. The van der Waals surface area contributed by atoms with Gasteiger partial charge in [0.25, 0.3) is 0 Å². The maximum absolute atomic E-state index is 11.3. The van der Waals surface area contributed by atoms with Gasteiger partial charge in [-0.3, -0.25) is 9.69 Å². The number of nitrogens with zero attached hydrogens (tertiary/aromatic N) is 4. The van der Waals surface area contributed by atoms with Gasteiger partial charge in [0, 0.05) is 55.3 Å². The minimum atomic E-state index is -0.448.